The Hall–Kier alpha value is -4.69. The molecule has 14 heteroatoms. The van der Waals surface area contributed by atoms with Gasteiger partial charge in [0.25, 0.3) is 10.0 Å². The lowest BCUT2D eigenvalue weighted by Gasteiger charge is -2.34. The summed E-state index contributed by atoms with van der Waals surface area (Å²) >= 11 is 0. The number of nitrogens with one attached hydrogen (secondary N) is 2. The summed E-state index contributed by atoms with van der Waals surface area (Å²) in [5.41, 5.74) is 1.24. The molecule has 0 spiro atoms. The first-order valence-electron chi connectivity index (χ1n) is 14.8. The highest BCUT2D eigenvalue weighted by Crippen LogP contribution is 2.34. The van der Waals surface area contributed by atoms with E-state index in [2.05, 4.69) is 10.0 Å². The topological polar surface area (TPSA) is 156 Å². The third kappa shape index (κ3) is 7.40. The molecular weight excluding hydrogens is 616 g/mol. The molecule has 3 N–H and O–H groups in total. The maximum absolute atomic E-state index is 13.5. The zero-order chi connectivity index (χ0) is 33.0. The van der Waals surface area contributed by atoms with Crippen LogP contribution in [0.1, 0.15) is 19.4 Å². The predicted octanol–water partition coefficient (Wildman–Crippen LogP) is 3.54. The molecule has 2 heterocycles. The van der Waals surface area contributed by atoms with Gasteiger partial charge in [0.05, 0.1) is 37.6 Å². The third-order valence-electron chi connectivity index (χ3n) is 7.96. The molecule has 3 amide bonds. The fraction of sp³-hybridized carbons (Fsp3) is 0.375. The minimum Gasteiger partial charge on any atom is -0.497 e. The van der Waals surface area contributed by atoms with Crippen LogP contribution in [0.25, 0.3) is 0 Å². The van der Waals surface area contributed by atoms with Crippen molar-refractivity contribution in [3.63, 3.8) is 0 Å². The molecule has 46 heavy (non-hydrogen) atoms. The lowest BCUT2D eigenvalue weighted by Crippen LogP contribution is -2.48. The first-order chi connectivity index (χ1) is 22.0. The average molecular weight is 655 g/mol. The lowest BCUT2D eigenvalue weighted by molar-refractivity contribution is -0.134. The zero-order valence-electron chi connectivity index (χ0n) is 26.1. The minimum absolute atomic E-state index is 0.0445. The summed E-state index contributed by atoms with van der Waals surface area (Å²) in [5, 5.41) is 12.8. The van der Waals surface area contributed by atoms with Crippen LogP contribution in [0.15, 0.2) is 65.6 Å². The molecule has 0 saturated heterocycles. The summed E-state index contributed by atoms with van der Waals surface area (Å²) in [4.78, 5) is 29.8. The van der Waals surface area contributed by atoms with Gasteiger partial charge in [0.15, 0.2) is 11.5 Å². The van der Waals surface area contributed by atoms with E-state index in [1.807, 2.05) is 6.92 Å². The highest BCUT2D eigenvalue weighted by atomic mass is 32.2. The maximum atomic E-state index is 13.5. The van der Waals surface area contributed by atoms with Crippen LogP contribution in [0, 0.1) is 5.92 Å². The van der Waals surface area contributed by atoms with Gasteiger partial charge in [-0.25, -0.2) is 13.2 Å². The van der Waals surface area contributed by atoms with E-state index in [9.17, 15) is 23.1 Å². The Labute approximate surface area is 268 Å². The molecule has 2 aliphatic rings. The number of methoxy groups -OCH3 is 1. The second-order valence-corrected chi connectivity index (χ2v) is 13.1. The van der Waals surface area contributed by atoms with E-state index >= 15 is 0 Å². The number of rotatable bonds is 9. The second kappa shape index (κ2) is 13.7. The molecule has 0 fully saturated rings. The number of urea groups is 1. The Morgan fingerprint density at radius 1 is 1.07 bits per heavy atom. The van der Waals surface area contributed by atoms with Gasteiger partial charge in [0.2, 0.25) is 12.7 Å². The summed E-state index contributed by atoms with van der Waals surface area (Å²) in [6.07, 6.45) is -0.648. The van der Waals surface area contributed by atoms with Crippen LogP contribution < -0.4 is 29.0 Å². The Balaban J connectivity index is 1.38. The van der Waals surface area contributed by atoms with Crippen LogP contribution in [0.5, 0.6) is 23.0 Å². The minimum atomic E-state index is -3.95. The van der Waals surface area contributed by atoms with E-state index in [0.29, 0.717) is 34.2 Å². The summed E-state index contributed by atoms with van der Waals surface area (Å²) < 4.78 is 51.1. The largest absolute Gasteiger partial charge is 0.497 e. The molecule has 0 aliphatic carbocycles. The molecule has 3 aromatic carbocycles. The zero-order valence-corrected chi connectivity index (χ0v) is 26.9. The van der Waals surface area contributed by atoms with Crippen molar-refractivity contribution in [2.75, 3.05) is 50.7 Å². The van der Waals surface area contributed by atoms with Crippen molar-refractivity contribution in [3.8, 4) is 23.0 Å². The molecule has 2 aliphatic heterocycles. The van der Waals surface area contributed by atoms with Crippen LogP contribution in [-0.4, -0.2) is 88.1 Å². The monoisotopic (exact) mass is 654 g/mol. The first-order valence-corrected chi connectivity index (χ1v) is 16.2. The summed E-state index contributed by atoms with van der Waals surface area (Å²) in [7, 11) is -0.811. The second-order valence-electron chi connectivity index (χ2n) is 11.4. The molecule has 246 valence electrons. The Kier molecular flexibility index (Phi) is 9.77. The predicted molar refractivity (Wildman–Crippen MR) is 170 cm³/mol. The van der Waals surface area contributed by atoms with E-state index in [1.165, 1.54) is 24.1 Å². The van der Waals surface area contributed by atoms with E-state index in [0.717, 1.165) is 0 Å². The summed E-state index contributed by atoms with van der Waals surface area (Å²) in [6.45, 7) is 3.99. The average Bonchev–Trinajstić information content (AvgIpc) is 3.52. The fourth-order valence-electron chi connectivity index (χ4n) is 5.23. The number of sulfonamides is 1. The van der Waals surface area contributed by atoms with Gasteiger partial charge in [-0.3, -0.25) is 9.52 Å². The first kappa shape index (κ1) is 32.7. The van der Waals surface area contributed by atoms with Crippen LogP contribution >= 0.6 is 0 Å². The van der Waals surface area contributed by atoms with Crippen molar-refractivity contribution in [1.29, 1.82) is 0 Å². The van der Waals surface area contributed by atoms with Crippen molar-refractivity contribution >= 4 is 33.3 Å². The standard InChI is InChI=1S/C32H38N4O9S/c1-20-16-36(21(2)18-37)31(38)14-22-13-24(34-46(40,41)26-9-7-25(42-4)8-10-26)6-11-27(22)45-30(20)17-35(3)32(39)33-23-5-12-28-29(15-23)44-19-43-28/h5-13,15,20-21,30,34,37H,14,16-19H2,1-4H3,(H,33,39). The number of amides is 3. The van der Waals surface area contributed by atoms with Crippen LogP contribution in [-0.2, 0) is 21.2 Å². The van der Waals surface area contributed by atoms with Gasteiger partial charge in [0, 0.05) is 42.5 Å². The van der Waals surface area contributed by atoms with Crippen molar-refractivity contribution in [2.45, 2.75) is 37.3 Å². The van der Waals surface area contributed by atoms with Crippen molar-refractivity contribution in [3.05, 3.63) is 66.2 Å². The van der Waals surface area contributed by atoms with E-state index in [-0.39, 0.29) is 61.3 Å². The number of ether oxygens (including phenoxy) is 4. The van der Waals surface area contributed by atoms with E-state index in [4.69, 9.17) is 18.9 Å². The molecule has 13 nitrogen and oxygen atoms in total. The quantitative estimate of drug-likeness (QED) is 0.314. The van der Waals surface area contributed by atoms with Gasteiger partial charge >= 0.3 is 6.03 Å². The van der Waals surface area contributed by atoms with Crippen LogP contribution in [0.3, 0.4) is 0 Å². The molecule has 0 radical (unpaired) electrons. The highest BCUT2D eigenvalue weighted by molar-refractivity contribution is 7.92. The number of nitrogens with zero attached hydrogens (tertiary/aromatic N) is 2. The van der Waals surface area contributed by atoms with Crippen molar-refractivity contribution < 1.29 is 42.1 Å². The molecular formula is C32H38N4O9S. The smallest absolute Gasteiger partial charge is 0.321 e. The Bertz CT molecular complexity index is 1680. The molecule has 0 saturated carbocycles. The number of anilines is 2. The normalized spacial score (nSPS) is 18.3. The van der Waals surface area contributed by atoms with E-state index < -0.39 is 22.2 Å². The summed E-state index contributed by atoms with van der Waals surface area (Å²) in [5.74, 6) is 1.55. The third-order valence-corrected chi connectivity index (χ3v) is 9.36. The van der Waals surface area contributed by atoms with Gasteiger partial charge in [-0.05, 0) is 61.5 Å². The number of likely N-dealkylation sites (N-methyl/N-ethyl adjacent to an activating group) is 1. The number of fused-ring (bicyclic) bond motifs is 2. The number of benzene rings is 3. The number of hydrogen-bond donors (Lipinski definition) is 3. The number of carbonyl (C=O) groups is 2. The Morgan fingerprint density at radius 3 is 2.48 bits per heavy atom. The van der Waals surface area contributed by atoms with Crippen LogP contribution in [0.2, 0.25) is 0 Å². The summed E-state index contributed by atoms with van der Waals surface area (Å²) in [6, 6.07) is 15.0. The van der Waals surface area contributed by atoms with Gasteiger partial charge < -0.3 is 39.2 Å². The molecule has 5 rings (SSSR count). The molecule has 0 bridgehead atoms. The van der Waals surface area contributed by atoms with E-state index in [1.54, 1.807) is 67.4 Å². The molecule has 3 unspecified atom stereocenters. The number of aliphatic hydroxyl groups excluding tert-OH is 1. The highest BCUT2D eigenvalue weighted by Gasteiger charge is 2.32. The number of aliphatic hydroxyl groups is 1. The lowest BCUT2D eigenvalue weighted by atomic mass is 10.0. The molecule has 3 atom stereocenters. The van der Waals surface area contributed by atoms with Crippen LogP contribution in [0.4, 0.5) is 16.2 Å². The van der Waals surface area contributed by atoms with Crippen molar-refractivity contribution in [1.82, 2.24) is 9.80 Å². The fourth-order valence-corrected chi connectivity index (χ4v) is 6.28. The maximum Gasteiger partial charge on any atom is 0.321 e. The van der Waals surface area contributed by atoms with Gasteiger partial charge in [0.1, 0.15) is 17.6 Å². The number of carbonyl (C=O) groups excluding carboxylic acids is 2. The number of hydrogen-bond acceptors (Lipinski definition) is 9. The SMILES string of the molecule is COc1ccc(S(=O)(=O)Nc2ccc3c(c2)CC(=O)N(C(C)CO)CC(C)C(CN(C)C(=O)Nc2ccc4c(c2)OCO4)O3)cc1. The molecule has 3 aromatic rings. The van der Waals surface area contributed by atoms with Gasteiger partial charge in [-0.1, -0.05) is 6.92 Å². The van der Waals surface area contributed by atoms with Gasteiger partial charge in [-0.15, -0.1) is 0 Å². The molecule has 0 aromatic heterocycles. The van der Waals surface area contributed by atoms with Gasteiger partial charge in [-0.2, -0.15) is 0 Å². The van der Waals surface area contributed by atoms with Crippen molar-refractivity contribution in [2.24, 2.45) is 5.92 Å². The Morgan fingerprint density at radius 2 is 1.76 bits per heavy atom.